The van der Waals surface area contributed by atoms with Gasteiger partial charge in [0.1, 0.15) is 6.04 Å². The van der Waals surface area contributed by atoms with Crippen molar-refractivity contribution in [1.82, 2.24) is 10.6 Å². The lowest BCUT2D eigenvalue weighted by Crippen LogP contribution is -2.55. The molecule has 0 aliphatic carbocycles. The van der Waals surface area contributed by atoms with Gasteiger partial charge < -0.3 is 15.4 Å². The monoisotopic (exact) mass is 296 g/mol. The van der Waals surface area contributed by atoms with Crippen molar-refractivity contribution in [2.75, 3.05) is 25.4 Å². The molecule has 0 radical (unpaired) electrons. The molecule has 1 heterocycles. The smallest absolute Gasteiger partial charge is 0.239 e. The maximum absolute atomic E-state index is 11.9. The first-order valence-electron chi connectivity index (χ1n) is 6.17. The highest BCUT2D eigenvalue weighted by Gasteiger charge is 2.27. The second-order valence-corrected chi connectivity index (χ2v) is 7.18. The Balaban J connectivity index is 0.00000289. The third kappa shape index (κ3) is 6.83. The van der Waals surface area contributed by atoms with Gasteiger partial charge in [0.2, 0.25) is 5.91 Å². The molecule has 0 aromatic carbocycles. The predicted octanol–water partition coefficient (Wildman–Crippen LogP) is 1.43. The average Bonchev–Trinajstić information content (AvgIpc) is 2.23. The van der Waals surface area contributed by atoms with Gasteiger partial charge in [-0.05, 0) is 6.92 Å². The Labute approximate surface area is 120 Å². The summed E-state index contributed by atoms with van der Waals surface area (Å²) in [5, 5.41) is 6.14. The highest BCUT2D eigenvalue weighted by molar-refractivity contribution is 8.00. The van der Waals surface area contributed by atoms with E-state index in [9.17, 15) is 4.79 Å². The molecule has 0 unspecified atom stereocenters. The molecule has 0 saturated carbocycles. The van der Waals surface area contributed by atoms with Crippen LogP contribution in [0.15, 0.2) is 0 Å². The summed E-state index contributed by atoms with van der Waals surface area (Å²) < 4.78 is 5.70. The van der Waals surface area contributed by atoms with Crippen LogP contribution in [0.4, 0.5) is 0 Å². The lowest BCUT2D eigenvalue weighted by molar-refractivity contribution is -0.128. The van der Waals surface area contributed by atoms with E-state index in [-0.39, 0.29) is 35.2 Å². The van der Waals surface area contributed by atoms with Crippen LogP contribution in [0.5, 0.6) is 0 Å². The lowest BCUT2D eigenvalue weighted by atomic mass is 10.1. The summed E-state index contributed by atoms with van der Waals surface area (Å²) in [5.41, 5.74) is 0. The largest absolute Gasteiger partial charge is 0.375 e. The fourth-order valence-corrected chi connectivity index (χ4v) is 2.49. The van der Waals surface area contributed by atoms with Crippen molar-refractivity contribution < 1.29 is 9.53 Å². The van der Waals surface area contributed by atoms with Gasteiger partial charge in [0, 0.05) is 23.6 Å². The normalized spacial score (nSPS) is 24.2. The zero-order valence-electron chi connectivity index (χ0n) is 11.6. The second kappa shape index (κ2) is 8.25. The molecule has 1 rings (SSSR count). The van der Waals surface area contributed by atoms with Gasteiger partial charge in [-0.25, -0.2) is 0 Å². The molecule has 1 aliphatic rings. The van der Waals surface area contributed by atoms with Gasteiger partial charge in [0.25, 0.3) is 0 Å². The molecule has 6 heteroatoms. The van der Waals surface area contributed by atoms with Crippen LogP contribution in [0.25, 0.3) is 0 Å². The highest BCUT2D eigenvalue weighted by atomic mass is 35.5. The number of nitrogens with one attached hydrogen (secondary N) is 2. The number of amides is 1. The molecule has 108 valence electrons. The van der Waals surface area contributed by atoms with Crippen molar-refractivity contribution in [3.63, 3.8) is 0 Å². The highest BCUT2D eigenvalue weighted by Crippen LogP contribution is 2.22. The second-order valence-electron chi connectivity index (χ2n) is 5.26. The molecule has 1 saturated heterocycles. The molecule has 0 spiro atoms. The third-order valence-corrected chi connectivity index (χ3v) is 3.81. The maximum Gasteiger partial charge on any atom is 0.239 e. The Kier molecular flexibility index (Phi) is 8.26. The Hall–Kier alpha value is 0.0300. The van der Waals surface area contributed by atoms with E-state index < -0.39 is 0 Å². The summed E-state index contributed by atoms with van der Waals surface area (Å²) in [6.07, 6.45) is -0.0426. The summed E-state index contributed by atoms with van der Waals surface area (Å²) in [6.45, 7) is 10.6. The van der Waals surface area contributed by atoms with Gasteiger partial charge in [-0.2, -0.15) is 11.8 Å². The fraction of sp³-hybridized carbons (Fsp3) is 0.917. The lowest BCUT2D eigenvalue weighted by Gasteiger charge is -2.29. The van der Waals surface area contributed by atoms with E-state index >= 15 is 0 Å². The van der Waals surface area contributed by atoms with Crippen molar-refractivity contribution in [2.24, 2.45) is 0 Å². The first-order chi connectivity index (χ1) is 7.90. The minimum absolute atomic E-state index is 0. The van der Waals surface area contributed by atoms with Gasteiger partial charge in [0.05, 0.1) is 12.7 Å². The predicted molar refractivity (Wildman–Crippen MR) is 79.7 cm³/mol. The van der Waals surface area contributed by atoms with Crippen LogP contribution in [-0.4, -0.2) is 48.2 Å². The Morgan fingerprint density at radius 2 is 2.17 bits per heavy atom. The molecule has 0 bridgehead atoms. The Morgan fingerprint density at radius 3 is 2.72 bits per heavy atom. The van der Waals surface area contributed by atoms with Gasteiger partial charge >= 0.3 is 0 Å². The summed E-state index contributed by atoms with van der Waals surface area (Å²) in [5.74, 6) is 0.990. The summed E-state index contributed by atoms with van der Waals surface area (Å²) in [7, 11) is 0. The van der Waals surface area contributed by atoms with Crippen LogP contribution >= 0.6 is 24.2 Å². The molecular formula is C12H25ClN2O2S. The van der Waals surface area contributed by atoms with Crippen LogP contribution in [0.2, 0.25) is 0 Å². The zero-order chi connectivity index (χ0) is 12.9. The summed E-state index contributed by atoms with van der Waals surface area (Å²) >= 11 is 1.86. The van der Waals surface area contributed by atoms with E-state index in [1.54, 1.807) is 0 Å². The number of carbonyl (C=O) groups excluding carboxylic acids is 1. The van der Waals surface area contributed by atoms with Gasteiger partial charge in [-0.3, -0.25) is 4.79 Å². The number of morpholine rings is 1. The van der Waals surface area contributed by atoms with E-state index in [1.807, 2.05) is 18.7 Å². The maximum atomic E-state index is 11.9. The van der Waals surface area contributed by atoms with Crippen molar-refractivity contribution in [3.05, 3.63) is 0 Å². The standard InChI is InChI=1S/C12H24N2O2S.ClH/c1-9-10(13-5-7-16-9)11(15)14-6-8-17-12(2,3)4;/h9-10,13H,5-8H2,1-4H3,(H,14,15);1H/t9-,10+;/m1./s1. The van der Waals surface area contributed by atoms with Crippen LogP contribution < -0.4 is 10.6 Å². The molecule has 2 N–H and O–H groups in total. The van der Waals surface area contributed by atoms with E-state index in [4.69, 9.17) is 4.74 Å². The SMILES string of the molecule is C[C@H]1OCCN[C@@H]1C(=O)NCCSC(C)(C)C.Cl. The zero-order valence-corrected chi connectivity index (χ0v) is 13.2. The van der Waals surface area contributed by atoms with Crippen molar-refractivity contribution in [2.45, 2.75) is 44.6 Å². The third-order valence-electron chi connectivity index (χ3n) is 2.54. The van der Waals surface area contributed by atoms with Crippen LogP contribution in [0.1, 0.15) is 27.7 Å². The minimum atomic E-state index is -0.205. The van der Waals surface area contributed by atoms with Crippen LogP contribution in [0, 0.1) is 0 Å². The molecular weight excluding hydrogens is 272 g/mol. The number of halogens is 1. The number of ether oxygens (including phenoxy) is 1. The van der Waals surface area contributed by atoms with Gasteiger partial charge in [0.15, 0.2) is 0 Å². The molecule has 1 amide bonds. The summed E-state index contributed by atoms with van der Waals surface area (Å²) in [6, 6.07) is -0.205. The van der Waals surface area contributed by atoms with Gasteiger partial charge in [-0.15, -0.1) is 12.4 Å². The van der Waals surface area contributed by atoms with Crippen LogP contribution in [-0.2, 0) is 9.53 Å². The van der Waals surface area contributed by atoms with E-state index in [0.29, 0.717) is 13.2 Å². The van der Waals surface area contributed by atoms with Crippen molar-refractivity contribution in [3.8, 4) is 0 Å². The minimum Gasteiger partial charge on any atom is -0.375 e. The first-order valence-corrected chi connectivity index (χ1v) is 7.15. The fourth-order valence-electron chi connectivity index (χ4n) is 1.67. The topological polar surface area (TPSA) is 50.4 Å². The number of carbonyl (C=O) groups is 1. The first kappa shape index (κ1) is 18.0. The molecule has 1 fully saturated rings. The number of rotatable bonds is 4. The van der Waals surface area contributed by atoms with Crippen LogP contribution in [0.3, 0.4) is 0 Å². The summed E-state index contributed by atoms with van der Waals surface area (Å²) in [4.78, 5) is 11.9. The van der Waals surface area contributed by atoms with Crippen molar-refractivity contribution >= 4 is 30.1 Å². The molecule has 1 aliphatic heterocycles. The molecule has 4 nitrogen and oxygen atoms in total. The molecule has 0 aromatic heterocycles. The quantitative estimate of drug-likeness (QED) is 0.771. The van der Waals surface area contributed by atoms with E-state index in [1.165, 1.54) is 0 Å². The van der Waals surface area contributed by atoms with E-state index in [0.717, 1.165) is 12.3 Å². The number of hydrogen-bond acceptors (Lipinski definition) is 4. The molecule has 2 atom stereocenters. The Bertz CT molecular complexity index is 259. The molecule has 18 heavy (non-hydrogen) atoms. The van der Waals surface area contributed by atoms with Gasteiger partial charge in [-0.1, -0.05) is 20.8 Å². The molecule has 0 aromatic rings. The van der Waals surface area contributed by atoms with E-state index in [2.05, 4.69) is 31.4 Å². The Morgan fingerprint density at radius 1 is 1.50 bits per heavy atom. The van der Waals surface area contributed by atoms with Crippen molar-refractivity contribution in [1.29, 1.82) is 0 Å². The number of hydrogen-bond donors (Lipinski definition) is 2. The number of thioether (sulfide) groups is 1. The average molecular weight is 297 g/mol.